The molecule has 5 aromatic carbocycles. The highest BCUT2D eigenvalue weighted by molar-refractivity contribution is 9.38. The van der Waals surface area contributed by atoms with Crippen LogP contribution in [0.3, 0.4) is 0 Å². The summed E-state index contributed by atoms with van der Waals surface area (Å²) in [5.41, 5.74) is 7.08. The average Bonchev–Trinajstić information content (AvgIpc) is 3.95. The molecule has 1 unspecified atom stereocenters. The number of ether oxygens (including phenoxy) is 1. The molecule has 2 N–H and O–H groups in total. The SMILES string of the molecule is CC1(C)\C(=C/C=C(/C=C/C2N(CCC34S[SH]3(=O)S4)c3ccc4ccccc4c3C2(C)C)c2cccc(OCCCCO)c2)N(CCCS(=O)(=O)O)c2ccc3ccccc3c21. The molecule has 9 rings (SSSR count). The van der Waals surface area contributed by atoms with Crippen molar-refractivity contribution in [2.75, 3.05) is 41.9 Å². The van der Waals surface area contributed by atoms with Crippen molar-refractivity contribution in [3.05, 3.63) is 144 Å². The molecular weight excluding hydrogens is 841 g/mol. The van der Waals surface area contributed by atoms with Crippen LogP contribution in [0.2, 0.25) is 0 Å². The van der Waals surface area contributed by atoms with Gasteiger partial charge in [0.1, 0.15) is 5.75 Å². The van der Waals surface area contributed by atoms with Gasteiger partial charge in [0, 0.05) is 62.0 Å². The summed E-state index contributed by atoms with van der Waals surface area (Å²) in [5, 5.41) is 14.1. The Labute approximate surface area is 368 Å². The number of rotatable bonds is 16. The summed E-state index contributed by atoms with van der Waals surface area (Å²) in [6, 6.07) is 33.9. The van der Waals surface area contributed by atoms with E-state index < -0.39 is 23.5 Å². The van der Waals surface area contributed by atoms with Crippen LogP contribution in [0.15, 0.2) is 127 Å². The molecule has 12 heteroatoms. The number of hydrogen-bond donors (Lipinski definition) is 3. The fraction of sp³-hybridized carbons (Fsp3) is 0.347. The summed E-state index contributed by atoms with van der Waals surface area (Å²) in [4.78, 5) is 4.75. The van der Waals surface area contributed by atoms with E-state index in [9.17, 15) is 22.3 Å². The molecular formula is C49H54N2O6S4. The number of thiol groups is 1. The number of hydrogen-bond acceptors (Lipinski definition) is 9. The van der Waals surface area contributed by atoms with Crippen molar-refractivity contribution in [3.8, 4) is 5.75 Å². The lowest BCUT2D eigenvalue weighted by molar-refractivity contribution is 0.253. The number of aliphatic hydroxyl groups is 1. The molecule has 0 amide bonds. The third kappa shape index (κ3) is 7.86. The molecule has 0 bridgehead atoms. The molecule has 2 saturated heterocycles. The van der Waals surface area contributed by atoms with Gasteiger partial charge in [-0.3, -0.25) is 8.76 Å². The van der Waals surface area contributed by atoms with Crippen LogP contribution in [0.5, 0.6) is 5.75 Å². The smallest absolute Gasteiger partial charge is 0.264 e. The third-order valence-corrected chi connectivity index (χ3v) is 25.0. The topological polar surface area (TPSA) is 107 Å². The van der Waals surface area contributed by atoms with Crippen LogP contribution in [-0.2, 0) is 28.9 Å². The van der Waals surface area contributed by atoms with Crippen LogP contribution >= 0.6 is 21.6 Å². The number of benzene rings is 5. The second kappa shape index (κ2) is 15.9. The van der Waals surface area contributed by atoms with E-state index in [1.54, 1.807) is 21.6 Å². The Balaban J connectivity index is 1.15. The molecule has 0 spiro atoms. The molecule has 2 fully saturated rings. The van der Waals surface area contributed by atoms with Gasteiger partial charge in [0.15, 0.2) is 3.41 Å². The average molecular weight is 895 g/mol. The lowest BCUT2D eigenvalue weighted by Gasteiger charge is -2.33. The third-order valence-electron chi connectivity index (χ3n) is 12.9. The maximum Gasteiger partial charge on any atom is 0.264 e. The normalized spacial score (nSPS) is 23.1. The summed E-state index contributed by atoms with van der Waals surface area (Å²) < 4.78 is 52.5. The van der Waals surface area contributed by atoms with Gasteiger partial charge in [-0.2, -0.15) is 8.42 Å². The fourth-order valence-corrected chi connectivity index (χ4v) is 20.7. The van der Waals surface area contributed by atoms with E-state index in [0.29, 0.717) is 19.6 Å². The van der Waals surface area contributed by atoms with Crippen molar-refractivity contribution >= 4 is 78.2 Å². The summed E-state index contributed by atoms with van der Waals surface area (Å²) in [6.07, 6.45) is 11.5. The maximum absolute atomic E-state index is 13.0. The molecule has 61 heavy (non-hydrogen) atoms. The maximum atomic E-state index is 13.0. The summed E-state index contributed by atoms with van der Waals surface area (Å²) in [5.74, 6) is 0.430. The van der Waals surface area contributed by atoms with Crippen LogP contribution in [0.1, 0.15) is 70.1 Å². The van der Waals surface area contributed by atoms with Crippen LogP contribution in [0.4, 0.5) is 11.4 Å². The van der Waals surface area contributed by atoms with Gasteiger partial charge >= 0.3 is 0 Å². The van der Waals surface area contributed by atoms with Crippen molar-refractivity contribution in [1.29, 1.82) is 0 Å². The Hall–Kier alpha value is -4.04. The van der Waals surface area contributed by atoms with E-state index in [1.807, 2.05) is 18.2 Å². The number of aliphatic hydroxyl groups excluding tert-OH is 1. The first-order valence-electron chi connectivity index (χ1n) is 21.2. The van der Waals surface area contributed by atoms with Gasteiger partial charge in [-0.1, -0.05) is 119 Å². The summed E-state index contributed by atoms with van der Waals surface area (Å²) >= 11 is 0. The standard InChI is InChI=1S/C49H54N2O6S4/c1-47(2)43(50(28-12-32-60(53,54)55)41-23-19-35-13-5-7-17-39(35)45(41)47)25-21-34(37-15-11-16-38(33-37)57-31-10-9-30-52)22-26-44-48(3,4)46-40-18-8-6-14-36(40)20-24-42(46)51(44)29-27-49-58-61(49,56)59-49/h5-8,11,13-26,33,44,52,61H,9-10,12,27-32H2,1-4H3,(H,53,54,55)/b26-22+,34-21-,43-25+. The van der Waals surface area contributed by atoms with Gasteiger partial charge in [0.2, 0.25) is 0 Å². The molecule has 4 heterocycles. The van der Waals surface area contributed by atoms with E-state index >= 15 is 0 Å². The molecule has 4 aliphatic rings. The number of allylic oxidation sites excluding steroid dienone is 5. The first-order chi connectivity index (χ1) is 29.2. The lowest BCUT2D eigenvalue weighted by Crippen LogP contribution is -2.41. The fourth-order valence-electron chi connectivity index (χ4n) is 9.76. The zero-order valence-corrected chi connectivity index (χ0v) is 38.4. The van der Waals surface area contributed by atoms with Gasteiger partial charge in [0.25, 0.3) is 10.1 Å². The highest BCUT2D eigenvalue weighted by atomic mass is 33.6. The molecule has 0 saturated carbocycles. The molecule has 8 nitrogen and oxygen atoms in total. The molecule has 320 valence electrons. The van der Waals surface area contributed by atoms with Crippen molar-refractivity contribution in [3.63, 3.8) is 0 Å². The monoisotopic (exact) mass is 894 g/mol. The molecule has 0 radical (unpaired) electrons. The highest BCUT2D eigenvalue weighted by Gasteiger charge is 2.80. The predicted molar refractivity (Wildman–Crippen MR) is 259 cm³/mol. The van der Waals surface area contributed by atoms with Crippen molar-refractivity contribution in [1.82, 2.24) is 0 Å². The van der Waals surface area contributed by atoms with Crippen molar-refractivity contribution < 1.29 is 27.0 Å². The van der Waals surface area contributed by atoms with E-state index in [-0.39, 0.29) is 33.6 Å². The number of anilines is 2. The minimum Gasteiger partial charge on any atom is -0.494 e. The Morgan fingerprint density at radius 3 is 2.18 bits per heavy atom. The van der Waals surface area contributed by atoms with Crippen molar-refractivity contribution in [2.45, 2.75) is 73.7 Å². The molecule has 4 aliphatic heterocycles. The van der Waals surface area contributed by atoms with E-state index in [4.69, 9.17) is 4.74 Å². The molecule has 1 atom stereocenters. The van der Waals surface area contributed by atoms with E-state index in [0.717, 1.165) is 58.4 Å². The Kier molecular flexibility index (Phi) is 11.0. The second-order valence-electron chi connectivity index (χ2n) is 17.6. The van der Waals surface area contributed by atoms with Crippen LogP contribution in [0.25, 0.3) is 27.1 Å². The summed E-state index contributed by atoms with van der Waals surface area (Å²) in [6.45, 7) is 11.0. The van der Waals surface area contributed by atoms with Gasteiger partial charge in [-0.15, -0.1) is 0 Å². The van der Waals surface area contributed by atoms with Gasteiger partial charge in [-0.25, -0.2) is 0 Å². The summed E-state index contributed by atoms with van der Waals surface area (Å²) in [7, 11) is -2.85. The zero-order valence-electron chi connectivity index (χ0n) is 35.1. The van der Waals surface area contributed by atoms with Crippen molar-refractivity contribution in [2.24, 2.45) is 0 Å². The number of nitrogens with zero attached hydrogens (tertiary/aromatic N) is 2. The largest absolute Gasteiger partial charge is 0.494 e. The van der Waals surface area contributed by atoms with E-state index in [2.05, 4.69) is 141 Å². The van der Waals surface area contributed by atoms with Gasteiger partial charge in [-0.05, 0) is 115 Å². The van der Waals surface area contributed by atoms with Gasteiger partial charge in [0.05, 0.1) is 18.4 Å². The first-order valence-corrected chi connectivity index (χ1v) is 27.3. The predicted octanol–water partition coefficient (Wildman–Crippen LogP) is 10.6. The Bertz CT molecular complexity index is 2780. The quantitative estimate of drug-likeness (QED) is 0.0221. The molecule has 5 aromatic rings. The zero-order chi connectivity index (χ0) is 42.8. The van der Waals surface area contributed by atoms with Crippen LogP contribution in [0, 0.1) is 0 Å². The second-order valence-corrected chi connectivity index (χ2v) is 28.4. The highest BCUT2D eigenvalue weighted by Crippen LogP contribution is 2.93. The number of unbranched alkanes of at least 4 members (excludes halogenated alkanes) is 1. The van der Waals surface area contributed by atoms with Crippen LogP contribution < -0.4 is 14.5 Å². The van der Waals surface area contributed by atoms with Crippen LogP contribution in [-0.4, -0.2) is 63.8 Å². The number of fused-ring (bicyclic) bond motifs is 7. The molecule has 0 aromatic heterocycles. The Morgan fingerprint density at radius 2 is 1.51 bits per heavy atom. The molecule has 0 aliphatic carbocycles. The first kappa shape index (κ1) is 42.3. The minimum atomic E-state index is -4.13. The Morgan fingerprint density at radius 1 is 0.836 bits per heavy atom. The minimum absolute atomic E-state index is 0.000953. The lowest BCUT2D eigenvalue weighted by atomic mass is 9.78. The van der Waals surface area contributed by atoms with E-state index in [1.165, 1.54) is 27.6 Å². The van der Waals surface area contributed by atoms with Gasteiger partial charge < -0.3 is 19.6 Å².